The van der Waals surface area contributed by atoms with Gasteiger partial charge in [0, 0.05) is 32.3 Å². The van der Waals surface area contributed by atoms with E-state index >= 15 is 0 Å². The van der Waals surface area contributed by atoms with Gasteiger partial charge in [-0.1, -0.05) is 6.92 Å². The van der Waals surface area contributed by atoms with Crippen LogP contribution >= 0.6 is 0 Å². The Morgan fingerprint density at radius 1 is 1.67 bits per heavy atom. The highest BCUT2D eigenvalue weighted by molar-refractivity contribution is 5.95. The summed E-state index contributed by atoms with van der Waals surface area (Å²) in [4.78, 5) is 14.2. The van der Waals surface area contributed by atoms with Gasteiger partial charge in [-0.25, -0.2) is 0 Å². The fraction of sp³-hybridized carbons (Fsp3) is 0.692. The third-order valence-electron chi connectivity index (χ3n) is 3.66. The van der Waals surface area contributed by atoms with E-state index in [4.69, 9.17) is 0 Å². The molecule has 0 radical (unpaired) electrons. The van der Waals surface area contributed by atoms with Crippen molar-refractivity contribution in [2.24, 2.45) is 13.0 Å². The number of aliphatic hydroxyl groups excluding tert-OH is 1. The number of rotatable bonds is 3. The van der Waals surface area contributed by atoms with Crippen LogP contribution in [-0.4, -0.2) is 44.9 Å². The van der Waals surface area contributed by atoms with Crippen molar-refractivity contribution in [3.8, 4) is 0 Å². The SMILES string of the molecule is CCc1nn(C)cc1C(=O)N1CCC(C(C)O)C1. The number of aromatic nitrogens is 2. The molecule has 100 valence electrons. The minimum atomic E-state index is -0.345. The van der Waals surface area contributed by atoms with Crippen LogP contribution in [0.3, 0.4) is 0 Å². The summed E-state index contributed by atoms with van der Waals surface area (Å²) in [5.41, 5.74) is 1.55. The lowest BCUT2D eigenvalue weighted by Gasteiger charge is -2.17. The summed E-state index contributed by atoms with van der Waals surface area (Å²) in [6.45, 7) is 5.17. The maximum Gasteiger partial charge on any atom is 0.257 e. The molecule has 1 amide bonds. The molecule has 2 rings (SSSR count). The number of aliphatic hydroxyl groups is 1. The van der Waals surface area contributed by atoms with Crippen molar-refractivity contribution in [1.82, 2.24) is 14.7 Å². The molecule has 5 heteroatoms. The number of nitrogens with zero attached hydrogens (tertiary/aromatic N) is 3. The van der Waals surface area contributed by atoms with Gasteiger partial charge in [-0.05, 0) is 19.8 Å². The topological polar surface area (TPSA) is 58.4 Å². The van der Waals surface area contributed by atoms with E-state index in [0.717, 1.165) is 25.1 Å². The van der Waals surface area contributed by atoms with Crippen LogP contribution in [0.4, 0.5) is 0 Å². The molecule has 0 bridgehead atoms. The molecule has 5 nitrogen and oxygen atoms in total. The standard InChI is InChI=1S/C13H21N3O2/c1-4-12-11(8-15(3)14-12)13(18)16-6-5-10(7-16)9(2)17/h8-10,17H,4-7H2,1-3H3. The van der Waals surface area contributed by atoms with E-state index in [1.807, 2.05) is 18.9 Å². The second-order valence-electron chi connectivity index (χ2n) is 5.06. The third kappa shape index (κ3) is 2.41. The lowest BCUT2D eigenvalue weighted by Crippen LogP contribution is -2.30. The van der Waals surface area contributed by atoms with Gasteiger partial charge in [0.05, 0.1) is 17.4 Å². The Labute approximate surface area is 107 Å². The Balaban J connectivity index is 2.12. The van der Waals surface area contributed by atoms with Gasteiger partial charge in [-0.2, -0.15) is 5.10 Å². The summed E-state index contributed by atoms with van der Waals surface area (Å²) in [6.07, 6.45) is 3.08. The highest BCUT2D eigenvalue weighted by atomic mass is 16.3. The lowest BCUT2D eigenvalue weighted by atomic mass is 10.0. The zero-order chi connectivity index (χ0) is 13.3. The van der Waals surface area contributed by atoms with E-state index in [1.165, 1.54) is 0 Å². The minimum Gasteiger partial charge on any atom is -0.393 e. The molecule has 1 aromatic rings. The molecule has 0 spiro atoms. The number of amides is 1. The molecule has 0 saturated carbocycles. The molecule has 1 N–H and O–H groups in total. The van der Waals surface area contributed by atoms with E-state index in [1.54, 1.807) is 17.8 Å². The Morgan fingerprint density at radius 3 is 2.94 bits per heavy atom. The quantitative estimate of drug-likeness (QED) is 0.865. The van der Waals surface area contributed by atoms with Crippen LogP contribution in [0.25, 0.3) is 0 Å². The van der Waals surface area contributed by atoms with Crippen LogP contribution in [0, 0.1) is 5.92 Å². The van der Waals surface area contributed by atoms with Gasteiger partial charge in [0.2, 0.25) is 0 Å². The summed E-state index contributed by atoms with van der Waals surface area (Å²) < 4.78 is 1.69. The molecular formula is C13H21N3O2. The maximum atomic E-state index is 12.4. The molecule has 2 atom stereocenters. The average Bonchev–Trinajstić information content (AvgIpc) is 2.94. The maximum absolute atomic E-state index is 12.4. The van der Waals surface area contributed by atoms with Crippen LogP contribution in [-0.2, 0) is 13.5 Å². The summed E-state index contributed by atoms with van der Waals surface area (Å²) >= 11 is 0. The molecule has 1 aliphatic rings. The fourth-order valence-electron chi connectivity index (χ4n) is 2.51. The van der Waals surface area contributed by atoms with Crippen LogP contribution in [0.5, 0.6) is 0 Å². The Morgan fingerprint density at radius 2 is 2.39 bits per heavy atom. The highest BCUT2D eigenvalue weighted by Crippen LogP contribution is 2.22. The number of hydrogen-bond acceptors (Lipinski definition) is 3. The lowest BCUT2D eigenvalue weighted by molar-refractivity contribution is 0.0761. The van der Waals surface area contributed by atoms with Gasteiger partial charge in [-0.3, -0.25) is 9.48 Å². The normalized spacial score (nSPS) is 21.3. The van der Waals surface area contributed by atoms with Crippen LogP contribution < -0.4 is 0 Å². The van der Waals surface area contributed by atoms with E-state index in [-0.39, 0.29) is 17.9 Å². The van der Waals surface area contributed by atoms with E-state index in [9.17, 15) is 9.90 Å². The zero-order valence-electron chi connectivity index (χ0n) is 11.3. The number of likely N-dealkylation sites (tertiary alicyclic amines) is 1. The summed E-state index contributed by atoms with van der Waals surface area (Å²) in [6, 6.07) is 0. The largest absolute Gasteiger partial charge is 0.393 e. The Hall–Kier alpha value is -1.36. The predicted octanol–water partition coefficient (Wildman–Crippen LogP) is 0.825. The van der Waals surface area contributed by atoms with Gasteiger partial charge >= 0.3 is 0 Å². The fourth-order valence-corrected chi connectivity index (χ4v) is 2.51. The molecule has 0 aromatic carbocycles. The Bertz CT molecular complexity index is 439. The van der Waals surface area contributed by atoms with Crippen molar-refractivity contribution in [2.75, 3.05) is 13.1 Å². The summed E-state index contributed by atoms with van der Waals surface area (Å²) in [5, 5.41) is 13.9. The van der Waals surface area contributed by atoms with Gasteiger partial charge < -0.3 is 10.0 Å². The van der Waals surface area contributed by atoms with Gasteiger partial charge in [0.25, 0.3) is 5.91 Å². The van der Waals surface area contributed by atoms with Crippen LogP contribution in [0.15, 0.2) is 6.20 Å². The monoisotopic (exact) mass is 251 g/mol. The molecule has 2 unspecified atom stereocenters. The van der Waals surface area contributed by atoms with E-state index in [0.29, 0.717) is 12.1 Å². The van der Waals surface area contributed by atoms with Crippen molar-refractivity contribution in [3.05, 3.63) is 17.5 Å². The first-order valence-electron chi connectivity index (χ1n) is 6.52. The first-order chi connectivity index (χ1) is 8.52. The minimum absolute atomic E-state index is 0.0445. The summed E-state index contributed by atoms with van der Waals surface area (Å²) in [7, 11) is 1.83. The van der Waals surface area contributed by atoms with Gasteiger partial charge in [0.1, 0.15) is 0 Å². The number of carbonyl (C=O) groups is 1. The van der Waals surface area contributed by atoms with Crippen LogP contribution in [0.1, 0.15) is 36.3 Å². The Kier molecular flexibility index (Phi) is 3.71. The predicted molar refractivity (Wildman–Crippen MR) is 68.3 cm³/mol. The molecule has 2 heterocycles. The van der Waals surface area contributed by atoms with Crippen LogP contribution in [0.2, 0.25) is 0 Å². The molecule has 0 aliphatic carbocycles. The zero-order valence-corrected chi connectivity index (χ0v) is 11.3. The van der Waals surface area contributed by atoms with Crippen molar-refractivity contribution in [2.45, 2.75) is 32.8 Å². The molecule has 1 aliphatic heterocycles. The molecule has 18 heavy (non-hydrogen) atoms. The second kappa shape index (κ2) is 5.10. The summed E-state index contributed by atoms with van der Waals surface area (Å²) in [5.74, 6) is 0.249. The molecular weight excluding hydrogens is 230 g/mol. The molecule has 1 aromatic heterocycles. The highest BCUT2D eigenvalue weighted by Gasteiger charge is 2.30. The number of carbonyl (C=O) groups excluding carboxylic acids is 1. The van der Waals surface area contributed by atoms with E-state index < -0.39 is 0 Å². The van der Waals surface area contributed by atoms with Crippen molar-refractivity contribution in [3.63, 3.8) is 0 Å². The molecule has 1 saturated heterocycles. The van der Waals surface area contributed by atoms with Crippen molar-refractivity contribution >= 4 is 5.91 Å². The average molecular weight is 251 g/mol. The smallest absolute Gasteiger partial charge is 0.257 e. The van der Waals surface area contributed by atoms with Gasteiger partial charge in [-0.15, -0.1) is 0 Å². The van der Waals surface area contributed by atoms with E-state index in [2.05, 4.69) is 5.10 Å². The first-order valence-corrected chi connectivity index (χ1v) is 6.52. The second-order valence-corrected chi connectivity index (χ2v) is 5.06. The van der Waals surface area contributed by atoms with Gasteiger partial charge in [0.15, 0.2) is 0 Å². The number of hydrogen-bond donors (Lipinski definition) is 1. The first kappa shape index (κ1) is 13.1. The number of aryl methyl sites for hydroxylation is 2. The molecule has 1 fully saturated rings. The van der Waals surface area contributed by atoms with Crippen molar-refractivity contribution < 1.29 is 9.90 Å². The third-order valence-corrected chi connectivity index (χ3v) is 3.66. The van der Waals surface area contributed by atoms with Crippen molar-refractivity contribution in [1.29, 1.82) is 0 Å².